The average Bonchev–Trinajstić information content (AvgIpc) is 2.86. The van der Waals surface area contributed by atoms with Gasteiger partial charge in [0.15, 0.2) is 0 Å². The van der Waals surface area contributed by atoms with Crippen molar-refractivity contribution in [3.8, 4) is 0 Å². The van der Waals surface area contributed by atoms with Gasteiger partial charge in [0, 0.05) is 18.0 Å². The Labute approximate surface area is 128 Å². The molecule has 1 aliphatic carbocycles. The molecule has 0 aliphatic heterocycles. The molecule has 3 rings (SSSR count). The third-order valence-electron chi connectivity index (χ3n) is 3.93. The Kier molecular flexibility index (Phi) is 4.10. The summed E-state index contributed by atoms with van der Waals surface area (Å²) in [6.45, 7) is 7.11. The van der Waals surface area contributed by atoms with Crippen LogP contribution >= 0.6 is 11.3 Å². The fraction of sp³-hybridized carbons (Fsp3) is 0.500. The second-order valence-corrected chi connectivity index (χ2v) is 6.54. The normalized spacial score (nSPS) is 14.1. The Bertz CT molecular complexity index is 729. The summed E-state index contributed by atoms with van der Waals surface area (Å²) >= 11 is 1.70. The van der Waals surface area contributed by atoms with Gasteiger partial charge >= 0.3 is 0 Å². The molecule has 2 aromatic heterocycles. The molecule has 0 amide bonds. The lowest BCUT2D eigenvalue weighted by atomic mass is 9.97. The first kappa shape index (κ1) is 14.3. The van der Waals surface area contributed by atoms with E-state index in [1.165, 1.54) is 23.3 Å². The van der Waals surface area contributed by atoms with Crippen LogP contribution in [0.25, 0.3) is 10.2 Å². The minimum absolute atomic E-state index is 0.118. The third-order valence-corrected chi connectivity index (χ3v) is 5.11. The number of aromatic nitrogens is 2. The van der Waals surface area contributed by atoms with Crippen molar-refractivity contribution in [2.75, 3.05) is 11.9 Å². The number of rotatable bonds is 5. The zero-order chi connectivity index (χ0) is 14.8. The van der Waals surface area contributed by atoms with Crippen LogP contribution in [0.4, 0.5) is 5.95 Å². The highest BCUT2D eigenvalue weighted by Gasteiger charge is 2.21. The van der Waals surface area contributed by atoms with Crippen molar-refractivity contribution in [2.45, 2.75) is 45.6 Å². The van der Waals surface area contributed by atoms with E-state index < -0.39 is 0 Å². The quantitative estimate of drug-likeness (QED) is 0.862. The van der Waals surface area contributed by atoms with Crippen molar-refractivity contribution in [2.24, 2.45) is 0 Å². The van der Waals surface area contributed by atoms with Crippen LogP contribution in [0.15, 0.2) is 17.4 Å². The molecule has 0 bridgehead atoms. The van der Waals surface area contributed by atoms with Crippen molar-refractivity contribution < 1.29 is 0 Å². The zero-order valence-electron chi connectivity index (χ0n) is 12.4. The predicted molar refractivity (Wildman–Crippen MR) is 89.5 cm³/mol. The summed E-state index contributed by atoms with van der Waals surface area (Å²) in [5, 5.41) is 4.07. The molecule has 5 heteroatoms. The maximum absolute atomic E-state index is 12.9. The number of thiophene rings is 1. The Morgan fingerprint density at radius 3 is 3.00 bits per heavy atom. The Hall–Kier alpha value is -1.62. The van der Waals surface area contributed by atoms with Gasteiger partial charge in [0.25, 0.3) is 5.56 Å². The largest absolute Gasteiger partial charge is 0.352 e. The molecule has 0 saturated carbocycles. The molecule has 0 saturated heterocycles. The van der Waals surface area contributed by atoms with E-state index in [1.54, 1.807) is 22.0 Å². The predicted octanol–water partition coefficient (Wildman–Crippen LogP) is 3.34. The monoisotopic (exact) mass is 303 g/mol. The molecule has 0 atom stereocenters. The number of hydrogen-bond acceptors (Lipinski definition) is 4. The highest BCUT2D eigenvalue weighted by atomic mass is 32.1. The van der Waals surface area contributed by atoms with Gasteiger partial charge in [-0.3, -0.25) is 9.36 Å². The molecular formula is C16H21N3OS. The topological polar surface area (TPSA) is 46.9 Å². The summed E-state index contributed by atoms with van der Waals surface area (Å²) in [5.74, 6) is 0.674. The number of aryl methyl sites for hydroxylation is 2. The molecule has 1 aliphatic rings. The van der Waals surface area contributed by atoms with Gasteiger partial charge in [0.2, 0.25) is 5.95 Å². The number of nitrogens with one attached hydrogen (secondary N) is 1. The Morgan fingerprint density at radius 1 is 1.43 bits per heavy atom. The van der Waals surface area contributed by atoms with Crippen molar-refractivity contribution in [3.05, 3.63) is 33.4 Å². The molecule has 1 N–H and O–H groups in total. The fourth-order valence-corrected chi connectivity index (χ4v) is 4.22. The van der Waals surface area contributed by atoms with Crippen LogP contribution in [0.1, 0.15) is 36.6 Å². The first-order chi connectivity index (χ1) is 10.3. The van der Waals surface area contributed by atoms with Gasteiger partial charge in [-0.15, -0.1) is 17.9 Å². The number of nitrogens with zero attached hydrogens (tertiary/aromatic N) is 2. The minimum Gasteiger partial charge on any atom is -0.352 e. The minimum atomic E-state index is 0.118. The molecule has 2 aromatic rings. The summed E-state index contributed by atoms with van der Waals surface area (Å²) in [5.41, 5.74) is 1.38. The van der Waals surface area contributed by atoms with E-state index in [0.717, 1.165) is 29.5 Å². The second kappa shape index (κ2) is 6.02. The van der Waals surface area contributed by atoms with Crippen molar-refractivity contribution >= 4 is 27.5 Å². The summed E-state index contributed by atoms with van der Waals surface area (Å²) in [4.78, 5) is 19.9. The molecule has 112 valence electrons. The average molecular weight is 303 g/mol. The smallest absolute Gasteiger partial charge is 0.263 e. The summed E-state index contributed by atoms with van der Waals surface area (Å²) in [6, 6.07) is 0. The molecule has 2 heterocycles. The summed E-state index contributed by atoms with van der Waals surface area (Å²) < 4.78 is 1.79. The molecule has 0 unspecified atom stereocenters. The van der Waals surface area contributed by atoms with E-state index in [2.05, 4.69) is 18.8 Å². The van der Waals surface area contributed by atoms with Crippen LogP contribution in [0, 0.1) is 0 Å². The first-order valence-electron chi connectivity index (χ1n) is 7.66. The van der Waals surface area contributed by atoms with Gasteiger partial charge < -0.3 is 5.32 Å². The number of anilines is 1. The van der Waals surface area contributed by atoms with Gasteiger partial charge in [-0.1, -0.05) is 13.0 Å². The highest BCUT2D eigenvalue weighted by molar-refractivity contribution is 7.18. The Balaban J connectivity index is 2.21. The lowest BCUT2D eigenvalue weighted by Crippen LogP contribution is -2.25. The van der Waals surface area contributed by atoms with E-state index >= 15 is 0 Å². The van der Waals surface area contributed by atoms with Crippen LogP contribution in [-0.4, -0.2) is 16.1 Å². The van der Waals surface area contributed by atoms with E-state index in [0.29, 0.717) is 19.0 Å². The highest BCUT2D eigenvalue weighted by Crippen LogP contribution is 2.34. The SMILES string of the molecule is C=CCNc1nc2sc3c(c2c(=O)n1CCC)CCCC3. The Morgan fingerprint density at radius 2 is 2.24 bits per heavy atom. The van der Waals surface area contributed by atoms with Crippen LogP contribution in [-0.2, 0) is 19.4 Å². The van der Waals surface area contributed by atoms with E-state index in [-0.39, 0.29) is 5.56 Å². The number of fused-ring (bicyclic) bond motifs is 3. The standard InChI is InChI=1S/C16H21N3OS/c1-3-9-17-16-18-14-13(15(20)19(16)10-4-2)11-7-5-6-8-12(11)21-14/h3H,1,4-10H2,2H3,(H,17,18). The van der Waals surface area contributed by atoms with Crippen LogP contribution in [0.2, 0.25) is 0 Å². The molecule has 0 spiro atoms. The van der Waals surface area contributed by atoms with Crippen LogP contribution in [0.5, 0.6) is 0 Å². The van der Waals surface area contributed by atoms with Gasteiger partial charge in [-0.25, -0.2) is 4.98 Å². The zero-order valence-corrected chi connectivity index (χ0v) is 13.3. The van der Waals surface area contributed by atoms with E-state index in [9.17, 15) is 4.79 Å². The molecule has 0 radical (unpaired) electrons. The van der Waals surface area contributed by atoms with E-state index in [1.807, 2.05) is 0 Å². The van der Waals surface area contributed by atoms with Crippen LogP contribution in [0.3, 0.4) is 0 Å². The summed E-state index contributed by atoms with van der Waals surface area (Å²) in [6.07, 6.45) is 7.23. The lowest BCUT2D eigenvalue weighted by molar-refractivity contribution is 0.653. The van der Waals surface area contributed by atoms with Gasteiger partial charge in [0.1, 0.15) is 4.83 Å². The third kappa shape index (κ3) is 2.50. The molecule has 0 aromatic carbocycles. The fourth-order valence-electron chi connectivity index (χ4n) is 2.97. The van der Waals surface area contributed by atoms with Crippen molar-refractivity contribution in [1.29, 1.82) is 0 Å². The van der Waals surface area contributed by atoms with Crippen molar-refractivity contribution in [1.82, 2.24) is 9.55 Å². The molecule has 21 heavy (non-hydrogen) atoms. The van der Waals surface area contributed by atoms with Gasteiger partial charge in [-0.05, 0) is 37.7 Å². The molecule has 0 fully saturated rings. The lowest BCUT2D eigenvalue weighted by Gasteiger charge is -2.13. The van der Waals surface area contributed by atoms with Gasteiger partial charge in [0.05, 0.1) is 5.39 Å². The second-order valence-electron chi connectivity index (χ2n) is 5.45. The molecular weight excluding hydrogens is 282 g/mol. The molecule has 4 nitrogen and oxygen atoms in total. The first-order valence-corrected chi connectivity index (χ1v) is 8.47. The van der Waals surface area contributed by atoms with Crippen molar-refractivity contribution in [3.63, 3.8) is 0 Å². The maximum Gasteiger partial charge on any atom is 0.263 e. The van der Waals surface area contributed by atoms with Crippen LogP contribution < -0.4 is 10.9 Å². The van der Waals surface area contributed by atoms with E-state index in [4.69, 9.17) is 4.98 Å². The number of hydrogen-bond donors (Lipinski definition) is 1. The van der Waals surface area contributed by atoms with Gasteiger partial charge in [-0.2, -0.15) is 0 Å². The maximum atomic E-state index is 12.9. The summed E-state index contributed by atoms with van der Waals surface area (Å²) in [7, 11) is 0.